The van der Waals surface area contributed by atoms with E-state index in [0.29, 0.717) is 25.7 Å². The lowest BCUT2D eigenvalue weighted by Gasteiger charge is -2.38. The molecule has 0 fully saturated rings. The fourth-order valence-electron chi connectivity index (χ4n) is 4.46. The third-order valence-electron chi connectivity index (χ3n) is 6.15. The van der Waals surface area contributed by atoms with Crippen molar-refractivity contribution in [3.63, 3.8) is 0 Å². The predicted octanol–water partition coefficient (Wildman–Crippen LogP) is 9.30. The molecule has 1 unspecified atom stereocenters. The average molecular weight is 543 g/mol. The van der Waals surface area contributed by atoms with Gasteiger partial charge in [-0.25, -0.2) is 0 Å². The quantitative estimate of drug-likeness (QED) is 0.121. The fourth-order valence-corrected chi connectivity index (χ4v) is 4.46. The van der Waals surface area contributed by atoms with Crippen LogP contribution in [0.4, 0.5) is 26.3 Å². The van der Waals surface area contributed by atoms with E-state index < -0.39 is 29.5 Å². The molecule has 0 saturated heterocycles. The van der Waals surface area contributed by atoms with Gasteiger partial charge in [0.15, 0.2) is 0 Å². The number of hydrogen-bond acceptors (Lipinski definition) is 3. The molecule has 0 aliphatic carbocycles. The second-order valence-corrected chi connectivity index (χ2v) is 10.4. The summed E-state index contributed by atoms with van der Waals surface area (Å²) in [6, 6.07) is 1.71. The lowest BCUT2D eigenvalue weighted by molar-refractivity contribution is -0.407. The smallest absolute Gasteiger partial charge is 0.343 e. The van der Waals surface area contributed by atoms with E-state index in [4.69, 9.17) is 9.47 Å². The van der Waals surface area contributed by atoms with Gasteiger partial charge in [-0.2, -0.15) is 26.3 Å². The molecular formula is C28H44F6O3. The van der Waals surface area contributed by atoms with Crippen LogP contribution in [0.3, 0.4) is 0 Å². The topological polar surface area (TPSA) is 38.7 Å². The Morgan fingerprint density at radius 2 is 1.11 bits per heavy atom. The molecule has 9 heteroatoms. The maximum Gasteiger partial charge on any atom is 0.416 e. The molecule has 216 valence electrons. The largest absolute Gasteiger partial charge is 0.416 e. The van der Waals surface area contributed by atoms with Crippen LogP contribution in [0.5, 0.6) is 0 Å². The maximum atomic E-state index is 13.2. The molecule has 0 amide bonds. The van der Waals surface area contributed by atoms with Crippen LogP contribution in [-0.2, 0) is 28.2 Å². The SMILES string of the molecule is CCCCCCCCC(CCCCc1cc(C(F)(F)F)cc(C(F)(F)F)c1)C(O)(OC(C)C)OC(C)C. The molecule has 0 aliphatic heterocycles. The van der Waals surface area contributed by atoms with Crippen molar-refractivity contribution < 1.29 is 40.9 Å². The minimum absolute atomic E-state index is 0.0123. The van der Waals surface area contributed by atoms with E-state index in [9.17, 15) is 31.4 Å². The third kappa shape index (κ3) is 12.9. The van der Waals surface area contributed by atoms with Crippen molar-refractivity contribution in [1.29, 1.82) is 0 Å². The molecular weight excluding hydrogens is 498 g/mol. The zero-order valence-corrected chi connectivity index (χ0v) is 22.8. The van der Waals surface area contributed by atoms with Gasteiger partial charge in [0.05, 0.1) is 23.3 Å². The van der Waals surface area contributed by atoms with Gasteiger partial charge in [-0.15, -0.1) is 0 Å². The number of unbranched alkanes of at least 4 members (excludes halogenated alkanes) is 6. The van der Waals surface area contributed by atoms with Gasteiger partial charge in [0.25, 0.3) is 5.97 Å². The lowest BCUT2D eigenvalue weighted by Crippen LogP contribution is -2.47. The third-order valence-corrected chi connectivity index (χ3v) is 6.15. The average Bonchev–Trinajstić information content (AvgIpc) is 2.74. The standard InChI is InChI=1S/C28H44F6O3/c1-6-7-8-9-10-11-15-23(28(35,36-20(2)3)37-21(4)5)16-13-12-14-22-17-24(26(29,30)31)19-25(18-22)27(32,33)34/h17-21,23,35H,6-16H2,1-5H3. The maximum absolute atomic E-state index is 13.2. The van der Waals surface area contributed by atoms with Crippen LogP contribution in [0.2, 0.25) is 0 Å². The van der Waals surface area contributed by atoms with Gasteiger partial charge in [-0.3, -0.25) is 0 Å². The molecule has 1 aromatic carbocycles. The highest BCUT2D eigenvalue weighted by atomic mass is 19.4. The van der Waals surface area contributed by atoms with Crippen LogP contribution in [0.15, 0.2) is 18.2 Å². The van der Waals surface area contributed by atoms with Gasteiger partial charge >= 0.3 is 12.4 Å². The summed E-state index contributed by atoms with van der Waals surface area (Å²) in [4.78, 5) is 0. The van der Waals surface area contributed by atoms with Crippen LogP contribution < -0.4 is 0 Å². The van der Waals surface area contributed by atoms with Crippen LogP contribution in [-0.4, -0.2) is 23.3 Å². The normalized spacial score (nSPS) is 14.1. The molecule has 1 atom stereocenters. The highest BCUT2D eigenvalue weighted by molar-refractivity contribution is 5.33. The summed E-state index contributed by atoms with van der Waals surface area (Å²) in [5.74, 6) is -2.19. The number of aliphatic hydroxyl groups is 1. The van der Waals surface area contributed by atoms with Crippen molar-refractivity contribution in [2.45, 2.75) is 136 Å². The molecule has 0 radical (unpaired) electrons. The van der Waals surface area contributed by atoms with E-state index in [-0.39, 0.29) is 36.2 Å². The second-order valence-electron chi connectivity index (χ2n) is 10.4. The minimum Gasteiger partial charge on any atom is -0.343 e. The summed E-state index contributed by atoms with van der Waals surface area (Å²) in [6.07, 6.45) is -1.89. The van der Waals surface area contributed by atoms with Crippen LogP contribution in [0.1, 0.15) is 116 Å². The first-order valence-corrected chi connectivity index (χ1v) is 13.4. The number of aryl methyl sites for hydroxylation is 1. The molecule has 0 heterocycles. The first kappa shape index (κ1) is 33.7. The highest BCUT2D eigenvalue weighted by Gasteiger charge is 2.41. The zero-order valence-electron chi connectivity index (χ0n) is 22.8. The number of hydrogen-bond donors (Lipinski definition) is 1. The van der Waals surface area contributed by atoms with Crippen molar-refractivity contribution in [2.75, 3.05) is 0 Å². The van der Waals surface area contributed by atoms with E-state index in [2.05, 4.69) is 6.92 Å². The van der Waals surface area contributed by atoms with Gasteiger partial charge in [0, 0.05) is 5.92 Å². The summed E-state index contributed by atoms with van der Waals surface area (Å²) in [7, 11) is 0. The van der Waals surface area contributed by atoms with Gasteiger partial charge in [0.1, 0.15) is 0 Å². The Hall–Kier alpha value is -1.32. The summed E-state index contributed by atoms with van der Waals surface area (Å²) in [5, 5.41) is 11.3. The minimum atomic E-state index is -4.86. The molecule has 0 saturated carbocycles. The van der Waals surface area contributed by atoms with Crippen molar-refractivity contribution in [3.8, 4) is 0 Å². The Labute approximate surface area is 217 Å². The van der Waals surface area contributed by atoms with Crippen molar-refractivity contribution in [3.05, 3.63) is 34.9 Å². The fraction of sp³-hybridized carbons (Fsp3) is 0.786. The summed E-state index contributed by atoms with van der Waals surface area (Å²) in [6.45, 7) is 9.32. The Bertz CT molecular complexity index is 732. The van der Waals surface area contributed by atoms with E-state index in [1.165, 1.54) is 6.42 Å². The Morgan fingerprint density at radius 1 is 0.676 bits per heavy atom. The van der Waals surface area contributed by atoms with E-state index in [0.717, 1.165) is 44.2 Å². The van der Waals surface area contributed by atoms with E-state index in [1.807, 2.05) is 0 Å². The molecule has 37 heavy (non-hydrogen) atoms. The number of benzene rings is 1. The lowest BCUT2D eigenvalue weighted by atomic mass is 9.91. The molecule has 0 aliphatic rings. The zero-order chi connectivity index (χ0) is 28.3. The van der Waals surface area contributed by atoms with E-state index >= 15 is 0 Å². The van der Waals surface area contributed by atoms with Gasteiger partial charge in [-0.05, 0) is 77.1 Å². The first-order valence-electron chi connectivity index (χ1n) is 13.4. The summed E-state index contributed by atoms with van der Waals surface area (Å²) < 4.78 is 90.6. The summed E-state index contributed by atoms with van der Waals surface area (Å²) >= 11 is 0. The number of alkyl halides is 6. The molecule has 1 aromatic rings. The predicted molar refractivity (Wildman–Crippen MR) is 133 cm³/mol. The van der Waals surface area contributed by atoms with Gasteiger partial charge < -0.3 is 14.6 Å². The number of halogens is 6. The van der Waals surface area contributed by atoms with Crippen LogP contribution >= 0.6 is 0 Å². The Balaban J connectivity index is 2.93. The highest BCUT2D eigenvalue weighted by Crippen LogP contribution is 2.37. The number of rotatable bonds is 17. The monoisotopic (exact) mass is 542 g/mol. The molecule has 1 rings (SSSR count). The summed E-state index contributed by atoms with van der Waals surface area (Å²) in [5.41, 5.74) is -2.62. The van der Waals surface area contributed by atoms with Crippen molar-refractivity contribution >= 4 is 0 Å². The molecule has 0 bridgehead atoms. The number of ether oxygens (including phenoxy) is 2. The van der Waals surface area contributed by atoms with Crippen molar-refractivity contribution in [1.82, 2.24) is 0 Å². The molecule has 1 N–H and O–H groups in total. The first-order chi connectivity index (χ1) is 17.1. The molecule has 0 aromatic heterocycles. The molecule has 3 nitrogen and oxygen atoms in total. The van der Waals surface area contributed by atoms with Crippen LogP contribution in [0, 0.1) is 5.92 Å². The van der Waals surface area contributed by atoms with Gasteiger partial charge in [-0.1, -0.05) is 51.9 Å². The van der Waals surface area contributed by atoms with Gasteiger partial charge in [0.2, 0.25) is 0 Å². The van der Waals surface area contributed by atoms with E-state index in [1.54, 1.807) is 27.7 Å². The Morgan fingerprint density at radius 3 is 1.54 bits per heavy atom. The Kier molecular flexibility index (Phi) is 14.0. The van der Waals surface area contributed by atoms with Crippen LogP contribution in [0.25, 0.3) is 0 Å². The second kappa shape index (κ2) is 15.3. The molecule has 0 spiro atoms. The van der Waals surface area contributed by atoms with Crippen molar-refractivity contribution in [2.24, 2.45) is 5.92 Å².